The predicted molar refractivity (Wildman–Crippen MR) is 95.8 cm³/mol. The first-order valence-corrected chi connectivity index (χ1v) is 8.35. The topological polar surface area (TPSA) is 67.2 Å². The maximum atomic E-state index is 11.1. The maximum absolute atomic E-state index is 11.1. The smallest absolute Gasteiger partial charge is 0.309 e. The number of benzene rings is 1. The number of aliphatic carboxylic acids is 1. The molecule has 2 N–H and O–H groups in total. The molecular weight excluding hydrogens is 326 g/mol. The van der Waals surface area contributed by atoms with Crippen molar-refractivity contribution in [3.8, 4) is 5.69 Å². The summed E-state index contributed by atoms with van der Waals surface area (Å²) in [4.78, 5) is 11.1. The highest BCUT2D eigenvalue weighted by atomic mass is 35.5. The van der Waals surface area contributed by atoms with Crippen molar-refractivity contribution in [2.75, 3.05) is 6.54 Å². The molecule has 0 bridgehead atoms. The fourth-order valence-corrected chi connectivity index (χ4v) is 2.61. The Morgan fingerprint density at radius 3 is 2.50 bits per heavy atom. The molecule has 2 rings (SSSR count). The Kier molecular flexibility index (Phi) is 5.67. The average Bonchev–Trinajstić information content (AvgIpc) is 2.79. The van der Waals surface area contributed by atoms with Gasteiger partial charge in [-0.15, -0.1) is 0 Å². The van der Waals surface area contributed by atoms with Gasteiger partial charge in [-0.25, -0.2) is 4.68 Å². The summed E-state index contributed by atoms with van der Waals surface area (Å²) in [5, 5.41) is 17.8. The van der Waals surface area contributed by atoms with Gasteiger partial charge in [0.05, 0.1) is 16.8 Å². The molecule has 0 spiro atoms. The van der Waals surface area contributed by atoms with E-state index in [0.29, 0.717) is 24.5 Å². The van der Waals surface area contributed by atoms with Crippen molar-refractivity contribution in [2.24, 2.45) is 5.41 Å². The molecule has 1 aromatic heterocycles. The number of hydrogen-bond acceptors (Lipinski definition) is 3. The van der Waals surface area contributed by atoms with E-state index < -0.39 is 11.4 Å². The van der Waals surface area contributed by atoms with Crippen molar-refractivity contribution in [2.45, 2.75) is 40.7 Å². The molecule has 130 valence electrons. The molecule has 0 radical (unpaired) electrons. The zero-order valence-electron chi connectivity index (χ0n) is 14.6. The molecule has 0 aliphatic rings. The van der Waals surface area contributed by atoms with Gasteiger partial charge in [0.1, 0.15) is 0 Å². The van der Waals surface area contributed by atoms with Crippen molar-refractivity contribution in [3.63, 3.8) is 0 Å². The molecule has 0 saturated heterocycles. The lowest BCUT2D eigenvalue weighted by Gasteiger charge is -2.19. The third-order valence-corrected chi connectivity index (χ3v) is 4.57. The monoisotopic (exact) mass is 349 g/mol. The lowest BCUT2D eigenvalue weighted by atomic mass is 9.90. The summed E-state index contributed by atoms with van der Waals surface area (Å²) in [5.41, 5.74) is 3.42. The summed E-state index contributed by atoms with van der Waals surface area (Å²) in [6, 6.07) is 7.57. The molecule has 0 unspecified atom stereocenters. The molecule has 0 fully saturated rings. The standard InChI is InChI=1S/C18H24ClN3O2/c1-12-16(11-20-10-9-18(3,4)17(23)24)13(2)22(21-12)15-7-5-14(19)6-8-15/h5-8,20H,9-11H2,1-4H3,(H,23,24). The van der Waals surface area contributed by atoms with E-state index in [-0.39, 0.29) is 0 Å². The van der Waals surface area contributed by atoms with Crippen molar-refractivity contribution < 1.29 is 9.90 Å². The minimum atomic E-state index is -0.771. The van der Waals surface area contributed by atoms with Gasteiger partial charge >= 0.3 is 5.97 Å². The van der Waals surface area contributed by atoms with E-state index in [9.17, 15) is 4.79 Å². The van der Waals surface area contributed by atoms with Crippen LogP contribution in [-0.2, 0) is 11.3 Å². The van der Waals surface area contributed by atoms with Crippen LogP contribution in [0.3, 0.4) is 0 Å². The van der Waals surface area contributed by atoms with Crippen molar-refractivity contribution >= 4 is 17.6 Å². The summed E-state index contributed by atoms with van der Waals surface area (Å²) >= 11 is 5.94. The van der Waals surface area contributed by atoms with Crippen molar-refractivity contribution in [1.82, 2.24) is 15.1 Å². The molecule has 0 saturated carbocycles. The number of aromatic nitrogens is 2. The average molecular weight is 350 g/mol. The number of carbonyl (C=O) groups is 1. The van der Waals surface area contributed by atoms with Gasteiger partial charge in [-0.2, -0.15) is 5.10 Å². The molecule has 0 amide bonds. The Bertz CT molecular complexity index is 721. The fourth-order valence-electron chi connectivity index (χ4n) is 2.49. The Morgan fingerprint density at radius 1 is 1.29 bits per heavy atom. The van der Waals surface area contributed by atoms with Crippen LogP contribution in [-0.4, -0.2) is 27.4 Å². The lowest BCUT2D eigenvalue weighted by molar-refractivity contribution is -0.147. The number of carboxylic acid groups (broad SMARTS) is 1. The van der Waals surface area contributed by atoms with Gasteiger partial charge in [0.25, 0.3) is 0 Å². The highest BCUT2D eigenvalue weighted by molar-refractivity contribution is 6.30. The van der Waals surface area contributed by atoms with Crippen LogP contribution in [0.4, 0.5) is 0 Å². The van der Waals surface area contributed by atoms with Crippen LogP contribution in [0.5, 0.6) is 0 Å². The van der Waals surface area contributed by atoms with Gasteiger partial charge in [-0.1, -0.05) is 11.6 Å². The maximum Gasteiger partial charge on any atom is 0.309 e. The highest BCUT2D eigenvalue weighted by Gasteiger charge is 2.26. The molecule has 1 heterocycles. The van der Waals surface area contributed by atoms with Crippen molar-refractivity contribution in [3.05, 3.63) is 46.2 Å². The Labute approximate surface area is 147 Å². The van der Waals surface area contributed by atoms with Gasteiger partial charge < -0.3 is 10.4 Å². The number of halogens is 1. The third-order valence-electron chi connectivity index (χ3n) is 4.32. The third kappa shape index (κ3) is 4.16. The molecular formula is C18H24ClN3O2. The first kappa shape index (κ1) is 18.5. The number of carboxylic acids is 1. The Morgan fingerprint density at radius 2 is 1.92 bits per heavy atom. The molecule has 6 heteroatoms. The fraction of sp³-hybridized carbons (Fsp3) is 0.444. The zero-order chi connectivity index (χ0) is 17.9. The van der Waals surface area contributed by atoms with Crippen LogP contribution >= 0.6 is 11.6 Å². The number of hydrogen-bond donors (Lipinski definition) is 2. The van der Waals surface area contributed by atoms with E-state index in [4.69, 9.17) is 16.7 Å². The van der Waals surface area contributed by atoms with Crippen molar-refractivity contribution in [1.29, 1.82) is 0 Å². The minimum Gasteiger partial charge on any atom is -0.481 e. The van der Waals surface area contributed by atoms with Crippen LogP contribution in [0.2, 0.25) is 5.02 Å². The van der Waals surface area contributed by atoms with Gasteiger partial charge in [0.2, 0.25) is 0 Å². The van der Waals surface area contributed by atoms with E-state index in [1.165, 1.54) is 0 Å². The van der Waals surface area contributed by atoms with Gasteiger partial charge in [-0.3, -0.25) is 4.79 Å². The van der Waals surface area contributed by atoms with Gasteiger partial charge in [0.15, 0.2) is 0 Å². The van der Waals surface area contributed by atoms with Crippen LogP contribution in [0.25, 0.3) is 5.69 Å². The largest absolute Gasteiger partial charge is 0.481 e. The molecule has 0 atom stereocenters. The second kappa shape index (κ2) is 7.36. The van der Waals surface area contributed by atoms with E-state index in [0.717, 1.165) is 22.6 Å². The predicted octanol–water partition coefficient (Wildman–Crippen LogP) is 3.73. The molecule has 0 aliphatic carbocycles. The second-order valence-electron chi connectivity index (χ2n) is 6.65. The minimum absolute atomic E-state index is 0.575. The first-order valence-electron chi connectivity index (χ1n) is 7.97. The quantitative estimate of drug-likeness (QED) is 0.747. The SMILES string of the molecule is Cc1nn(-c2ccc(Cl)cc2)c(C)c1CNCCC(C)(C)C(=O)O. The summed E-state index contributed by atoms with van der Waals surface area (Å²) < 4.78 is 1.91. The second-order valence-corrected chi connectivity index (χ2v) is 7.09. The van der Waals surface area contributed by atoms with Crippen LogP contribution in [0, 0.1) is 19.3 Å². The van der Waals surface area contributed by atoms with E-state index >= 15 is 0 Å². The number of rotatable bonds is 7. The normalized spacial score (nSPS) is 11.7. The molecule has 5 nitrogen and oxygen atoms in total. The van der Waals surface area contributed by atoms with Gasteiger partial charge in [-0.05, 0) is 64.9 Å². The number of nitrogens with one attached hydrogen (secondary N) is 1. The van der Waals surface area contributed by atoms with Crippen LogP contribution in [0.1, 0.15) is 37.2 Å². The summed E-state index contributed by atoms with van der Waals surface area (Å²) in [7, 11) is 0. The molecule has 2 aromatic rings. The molecule has 24 heavy (non-hydrogen) atoms. The summed E-state index contributed by atoms with van der Waals surface area (Å²) in [6.07, 6.45) is 0.575. The van der Waals surface area contributed by atoms with Gasteiger partial charge in [0, 0.05) is 22.8 Å². The lowest BCUT2D eigenvalue weighted by Crippen LogP contribution is -2.29. The number of nitrogens with zero attached hydrogens (tertiary/aromatic N) is 2. The van der Waals surface area contributed by atoms with Crippen LogP contribution < -0.4 is 5.32 Å². The first-order chi connectivity index (χ1) is 11.2. The zero-order valence-corrected chi connectivity index (χ0v) is 15.3. The number of aryl methyl sites for hydroxylation is 1. The van der Waals surface area contributed by atoms with E-state index in [1.807, 2.05) is 42.8 Å². The van der Waals surface area contributed by atoms with E-state index in [2.05, 4.69) is 10.4 Å². The highest BCUT2D eigenvalue weighted by Crippen LogP contribution is 2.21. The Hall–Kier alpha value is -1.85. The van der Waals surface area contributed by atoms with E-state index in [1.54, 1.807) is 13.8 Å². The Balaban J connectivity index is 2.04. The summed E-state index contributed by atoms with van der Waals surface area (Å²) in [6.45, 7) is 8.81. The summed E-state index contributed by atoms with van der Waals surface area (Å²) in [5.74, 6) is -0.771. The van der Waals surface area contributed by atoms with Crippen LogP contribution in [0.15, 0.2) is 24.3 Å². The molecule has 1 aromatic carbocycles. The molecule has 0 aliphatic heterocycles.